The van der Waals surface area contributed by atoms with Gasteiger partial charge in [0.1, 0.15) is 11.5 Å². The molecular weight excluding hydrogens is 360 g/mol. The summed E-state index contributed by atoms with van der Waals surface area (Å²) in [5.41, 5.74) is 0.882. The molecule has 0 aliphatic rings. The lowest BCUT2D eigenvalue weighted by atomic mass is 10.1. The van der Waals surface area contributed by atoms with Crippen molar-refractivity contribution in [2.24, 2.45) is 0 Å². The van der Waals surface area contributed by atoms with Gasteiger partial charge in [-0.25, -0.2) is 8.78 Å². The van der Waals surface area contributed by atoms with Crippen LogP contribution >= 0.6 is 0 Å². The van der Waals surface area contributed by atoms with Crippen molar-refractivity contribution in [1.82, 2.24) is 0 Å². The molecule has 6 nitrogen and oxygen atoms in total. The van der Waals surface area contributed by atoms with Gasteiger partial charge in [0.05, 0.1) is 14.2 Å². The normalized spacial score (nSPS) is 10.2. The van der Waals surface area contributed by atoms with Crippen LogP contribution in [0.25, 0.3) is 0 Å². The van der Waals surface area contributed by atoms with E-state index in [0.717, 1.165) is 17.7 Å². The molecule has 8 heteroatoms. The highest BCUT2D eigenvalue weighted by atomic mass is 19.2. The molecule has 0 aliphatic carbocycles. The fourth-order valence-corrected chi connectivity index (χ4v) is 2.25. The van der Waals surface area contributed by atoms with Gasteiger partial charge in [0.2, 0.25) is 0 Å². The van der Waals surface area contributed by atoms with E-state index in [4.69, 9.17) is 14.2 Å². The summed E-state index contributed by atoms with van der Waals surface area (Å²) in [7, 11) is 3.05. The van der Waals surface area contributed by atoms with E-state index in [1.807, 2.05) is 0 Å². The monoisotopic (exact) mass is 379 g/mol. The van der Waals surface area contributed by atoms with Crippen LogP contribution in [0.5, 0.6) is 11.5 Å². The minimum absolute atomic E-state index is 0.0504. The standard InChI is InChI=1S/C19H19F2NO5/c1-25-14-7-12(8-15(10-14)26-2)3-6-19(24)27-11-18(23)22-13-4-5-16(20)17(21)9-13/h4-5,7-10H,3,6,11H2,1-2H3,(H,22,23). The first-order valence-electron chi connectivity index (χ1n) is 8.03. The lowest BCUT2D eigenvalue weighted by Gasteiger charge is -2.09. The van der Waals surface area contributed by atoms with Crippen molar-refractivity contribution in [2.45, 2.75) is 12.8 Å². The van der Waals surface area contributed by atoms with Crippen molar-refractivity contribution in [1.29, 1.82) is 0 Å². The number of anilines is 1. The summed E-state index contributed by atoms with van der Waals surface area (Å²) in [5, 5.41) is 2.31. The Balaban J connectivity index is 1.80. The van der Waals surface area contributed by atoms with Crippen molar-refractivity contribution >= 4 is 17.6 Å². The molecule has 0 atom stereocenters. The third kappa shape index (κ3) is 6.25. The molecular formula is C19H19F2NO5. The molecule has 0 radical (unpaired) electrons. The Kier molecular flexibility index (Phi) is 7.10. The van der Waals surface area contributed by atoms with Gasteiger partial charge >= 0.3 is 5.97 Å². The van der Waals surface area contributed by atoms with Gasteiger partial charge in [-0.1, -0.05) is 0 Å². The van der Waals surface area contributed by atoms with Crippen LogP contribution in [-0.4, -0.2) is 32.7 Å². The lowest BCUT2D eigenvalue weighted by Crippen LogP contribution is -2.21. The highest BCUT2D eigenvalue weighted by Gasteiger charge is 2.11. The van der Waals surface area contributed by atoms with Crippen LogP contribution in [0.2, 0.25) is 0 Å². The Morgan fingerprint density at radius 3 is 2.22 bits per heavy atom. The predicted molar refractivity (Wildman–Crippen MR) is 93.8 cm³/mol. The minimum atomic E-state index is -1.08. The number of hydrogen-bond acceptors (Lipinski definition) is 5. The number of nitrogens with one attached hydrogen (secondary N) is 1. The number of carbonyl (C=O) groups is 2. The fraction of sp³-hybridized carbons (Fsp3) is 0.263. The Hall–Kier alpha value is -3.16. The van der Waals surface area contributed by atoms with Gasteiger partial charge in [-0.05, 0) is 36.2 Å². The molecule has 0 aromatic heterocycles. The maximum absolute atomic E-state index is 13.1. The molecule has 1 N–H and O–H groups in total. The summed E-state index contributed by atoms with van der Waals surface area (Å²) < 4.78 is 41.1. The molecule has 27 heavy (non-hydrogen) atoms. The van der Waals surface area contributed by atoms with Gasteiger partial charge in [-0.2, -0.15) is 0 Å². The highest BCUT2D eigenvalue weighted by Crippen LogP contribution is 2.23. The van der Waals surface area contributed by atoms with E-state index in [-0.39, 0.29) is 12.1 Å². The summed E-state index contributed by atoms with van der Waals surface area (Å²) >= 11 is 0. The van der Waals surface area contributed by atoms with Crippen LogP contribution in [0.15, 0.2) is 36.4 Å². The van der Waals surface area contributed by atoms with Crippen molar-refractivity contribution in [2.75, 3.05) is 26.1 Å². The summed E-state index contributed by atoms with van der Waals surface area (Å²) in [6.07, 6.45) is 0.423. The van der Waals surface area contributed by atoms with E-state index in [2.05, 4.69) is 5.32 Å². The number of rotatable bonds is 8. The molecule has 0 saturated heterocycles. The number of aryl methyl sites for hydroxylation is 1. The SMILES string of the molecule is COc1cc(CCC(=O)OCC(=O)Nc2ccc(F)c(F)c2)cc(OC)c1. The summed E-state index contributed by atoms with van der Waals surface area (Å²) in [5.74, 6) is -2.13. The molecule has 2 aromatic carbocycles. The van der Waals surface area contributed by atoms with Crippen molar-refractivity contribution < 1.29 is 32.6 Å². The second-order valence-corrected chi connectivity index (χ2v) is 5.56. The number of methoxy groups -OCH3 is 2. The predicted octanol–water partition coefficient (Wildman–Crippen LogP) is 3.10. The molecule has 1 amide bonds. The van der Waals surface area contributed by atoms with Crippen LogP contribution in [0.1, 0.15) is 12.0 Å². The van der Waals surface area contributed by atoms with Crippen molar-refractivity contribution in [3.05, 3.63) is 53.6 Å². The Bertz CT molecular complexity index is 803. The second kappa shape index (κ2) is 9.51. The number of esters is 1. The van der Waals surface area contributed by atoms with E-state index in [9.17, 15) is 18.4 Å². The zero-order valence-corrected chi connectivity index (χ0v) is 14.9. The number of hydrogen-bond donors (Lipinski definition) is 1. The first kappa shape index (κ1) is 20.2. The summed E-state index contributed by atoms with van der Waals surface area (Å²) in [4.78, 5) is 23.5. The Labute approximate surface area is 155 Å². The number of halogens is 2. The van der Waals surface area contributed by atoms with Crippen molar-refractivity contribution in [3.8, 4) is 11.5 Å². The molecule has 0 saturated carbocycles. The fourth-order valence-electron chi connectivity index (χ4n) is 2.25. The number of benzene rings is 2. The molecule has 0 aliphatic heterocycles. The van der Waals surface area contributed by atoms with Gasteiger partial charge in [0, 0.05) is 24.2 Å². The molecule has 144 valence electrons. The van der Waals surface area contributed by atoms with Crippen LogP contribution < -0.4 is 14.8 Å². The zero-order chi connectivity index (χ0) is 19.8. The van der Waals surface area contributed by atoms with Gasteiger partial charge in [-0.3, -0.25) is 9.59 Å². The van der Waals surface area contributed by atoms with Crippen molar-refractivity contribution in [3.63, 3.8) is 0 Å². The average Bonchev–Trinajstić information content (AvgIpc) is 2.67. The number of ether oxygens (including phenoxy) is 3. The van der Waals surface area contributed by atoms with E-state index < -0.39 is 30.1 Å². The average molecular weight is 379 g/mol. The van der Waals surface area contributed by atoms with E-state index >= 15 is 0 Å². The third-order valence-electron chi connectivity index (χ3n) is 3.60. The maximum atomic E-state index is 13.1. The first-order valence-corrected chi connectivity index (χ1v) is 8.03. The highest BCUT2D eigenvalue weighted by molar-refractivity contribution is 5.92. The van der Waals surface area contributed by atoms with Gasteiger partial charge in [0.25, 0.3) is 5.91 Å². The van der Waals surface area contributed by atoms with E-state index in [0.29, 0.717) is 17.9 Å². The second-order valence-electron chi connectivity index (χ2n) is 5.56. The molecule has 2 aromatic rings. The van der Waals surface area contributed by atoms with Gasteiger partial charge in [-0.15, -0.1) is 0 Å². The topological polar surface area (TPSA) is 73.9 Å². The molecule has 2 rings (SSSR count). The summed E-state index contributed by atoms with van der Waals surface area (Å²) in [6.45, 7) is -0.529. The smallest absolute Gasteiger partial charge is 0.306 e. The molecule has 0 unspecified atom stereocenters. The lowest BCUT2D eigenvalue weighted by molar-refractivity contribution is -0.147. The van der Waals surface area contributed by atoms with E-state index in [1.54, 1.807) is 18.2 Å². The van der Waals surface area contributed by atoms with Gasteiger partial charge in [0.15, 0.2) is 18.2 Å². The van der Waals surface area contributed by atoms with Crippen LogP contribution in [0.3, 0.4) is 0 Å². The quantitative estimate of drug-likeness (QED) is 0.714. The minimum Gasteiger partial charge on any atom is -0.497 e. The third-order valence-corrected chi connectivity index (χ3v) is 3.60. The number of carbonyl (C=O) groups excluding carboxylic acids is 2. The first-order chi connectivity index (χ1) is 12.9. The Morgan fingerprint density at radius 2 is 1.63 bits per heavy atom. The number of amides is 1. The summed E-state index contributed by atoms with van der Waals surface area (Å²) in [6, 6.07) is 8.18. The maximum Gasteiger partial charge on any atom is 0.306 e. The zero-order valence-electron chi connectivity index (χ0n) is 14.9. The molecule has 0 heterocycles. The Morgan fingerprint density at radius 1 is 0.963 bits per heavy atom. The largest absolute Gasteiger partial charge is 0.497 e. The molecule has 0 fully saturated rings. The van der Waals surface area contributed by atoms with Crippen LogP contribution in [-0.2, 0) is 20.7 Å². The van der Waals surface area contributed by atoms with Crippen LogP contribution in [0, 0.1) is 11.6 Å². The van der Waals surface area contributed by atoms with E-state index in [1.165, 1.54) is 20.3 Å². The van der Waals surface area contributed by atoms with Crippen LogP contribution in [0.4, 0.5) is 14.5 Å². The molecule has 0 bridgehead atoms. The van der Waals surface area contributed by atoms with Gasteiger partial charge < -0.3 is 19.5 Å². The molecule has 0 spiro atoms.